The Labute approximate surface area is 94.7 Å². The molecule has 0 aliphatic rings. The summed E-state index contributed by atoms with van der Waals surface area (Å²) < 4.78 is 13.1. The van der Waals surface area contributed by atoms with Crippen LogP contribution in [0.5, 0.6) is 0 Å². The molecule has 0 aromatic heterocycles. The molecule has 1 aromatic rings. The summed E-state index contributed by atoms with van der Waals surface area (Å²) in [6.07, 6.45) is 1.51. The predicted molar refractivity (Wildman–Crippen MR) is 62.4 cm³/mol. The molecule has 15 heavy (non-hydrogen) atoms. The van der Waals surface area contributed by atoms with E-state index in [1.54, 1.807) is 12.1 Å². The van der Waals surface area contributed by atoms with E-state index >= 15 is 0 Å². The van der Waals surface area contributed by atoms with E-state index in [1.165, 1.54) is 6.07 Å². The van der Waals surface area contributed by atoms with E-state index in [4.69, 9.17) is 17.3 Å². The van der Waals surface area contributed by atoms with E-state index in [-0.39, 0.29) is 11.1 Å². The van der Waals surface area contributed by atoms with Crippen molar-refractivity contribution in [3.05, 3.63) is 46.8 Å². The van der Waals surface area contributed by atoms with Crippen LogP contribution in [0.15, 0.2) is 30.4 Å². The zero-order valence-electron chi connectivity index (χ0n) is 8.76. The van der Waals surface area contributed by atoms with Crippen LogP contribution in [0.4, 0.5) is 4.39 Å². The lowest BCUT2D eigenvalue weighted by Crippen LogP contribution is -2.12. The van der Waals surface area contributed by atoms with Crippen molar-refractivity contribution in [2.45, 2.75) is 25.8 Å². The number of halogens is 2. The molecule has 1 unspecified atom stereocenters. The zero-order valence-corrected chi connectivity index (χ0v) is 9.52. The second kappa shape index (κ2) is 5.29. The van der Waals surface area contributed by atoms with Gasteiger partial charge in [-0.2, -0.15) is 0 Å². The molecule has 0 aliphatic heterocycles. The quantitative estimate of drug-likeness (QED) is 0.778. The number of nitrogens with two attached hydrogens (primary N) is 1. The van der Waals surface area contributed by atoms with Gasteiger partial charge in [-0.1, -0.05) is 42.8 Å². The molecule has 3 heteroatoms. The Morgan fingerprint density at radius 1 is 1.60 bits per heavy atom. The van der Waals surface area contributed by atoms with Gasteiger partial charge in [-0.05, 0) is 24.5 Å². The molecule has 1 aromatic carbocycles. The summed E-state index contributed by atoms with van der Waals surface area (Å²) in [5, 5.41) is 0.119. The first-order valence-corrected chi connectivity index (χ1v) is 5.30. The van der Waals surface area contributed by atoms with Gasteiger partial charge in [0.1, 0.15) is 5.82 Å². The third-order valence-corrected chi connectivity index (χ3v) is 2.79. The molecular formula is C12H15ClFN. The van der Waals surface area contributed by atoms with Crippen LogP contribution in [0.25, 0.3) is 0 Å². The molecule has 2 N–H and O–H groups in total. The number of hydrogen-bond acceptors (Lipinski definition) is 1. The summed E-state index contributed by atoms with van der Waals surface area (Å²) in [6, 6.07) is 4.41. The number of benzene rings is 1. The van der Waals surface area contributed by atoms with Gasteiger partial charge in [0, 0.05) is 6.04 Å². The molecule has 1 nitrogen and oxygen atoms in total. The maximum absolute atomic E-state index is 13.1. The van der Waals surface area contributed by atoms with E-state index in [0.29, 0.717) is 12.0 Å². The fourth-order valence-electron chi connectivity index (χ4n) is 1.37. The normalized spacial score (nSPS) is 12.5. The van der Waals surface area contributed by atoms with Crippen LogP contribution < -0.4 is 5.73 Å². The Kier molecular flexibility index (Phi) is 4.30. The Bertz CT molecular complexity index is 363. The van der Waals surface area contributed by atoms with Crippen molar-refractivity contribution in [2.75, 3.05) is 0 Å². The third-order valence-electron chi connectivity index (χ3n) is 2.39. The Hall–Kier alpha value is -0.860. The predicted octanol–water partition coefficient (Wildman–Crippen LogP) is 3.84. The van der Waals surface area contributed by atoms with Crippen LogP contribution in [0.2, 0.25) is 5.02 Å². The van der Waals surface area contributed by atoms with E-state index < -0.39 is 5.82 Å². The van der Waals surface area contributed by atoms with Gasteiger partial charge in [-0.3, -0.25) is 0 Å². The van der Waals surface area contributed by atoms with Crippen LogP contribution in [0, 0.1) is 5.82 Å². The molecule has 0 spiro atoms. The van der Waals surface area contributed by atoms with Crippen LogP contribution in [0.3, 0.4) is 0 Å². The SMILES string of the molecule is C=C(CC)CC(N)c1cccc(F)c1Cl. The summed E-state index contributed by atoms with van der Waals surface area (Å²) in [5.74, 6) is -0.424. The molecule has 0 fully saturated rings. The summed E-state index contributed by atoms with van der Waals surface area (Å²) >= 11 is 5.83. The van der Waals surface area contributed by atoms with Crippen molar-refractivity contribution in [2.24, 2.45) is 5.73 Å². The summed E-state index contributed by atoms with van der Waals surface area (Å²) in [4.78, 5) is 0. The topological polar surface area (TPSA) is 26.0 Å². The lowest BCUT2D eigenvalue weighted by Gasteiger charge is -2.14. The van der Waals surface area contributed by atoms with Crippen LogP contribution in [0.1, 0.15) is 31.4 Å². The van der Waals surface area contributed by atoms with Gasteiger partial charge in [0.2, 0.25) is 0 Å². The lowest BCUT2D eigenvalue weighted by atomic mass is 9.99. The van der Waals surface area contributed by atoms with Gasteiger partial charge >= 0.3 is 0 Å². The Morgan fingerprint density at radius 3 is 2.87 bits per heavy atom. The van der Waals surface area contributed by atoms with Crippen LogP contribution in [-0.4, -0.2) is 0 Å². The molecule has 0 saturated carbocycles. The molecule has 82 valence electrons. The monoisotopic (exact) mass is 227 g/mol. The molecule has 0 bridgehead atoms. The van der Waals surface area contributed by atoms with Crippen LogP contribution >= 0.6 is 11.6 Å². The first kappa shape index (κ1) is 12.2. The molecule has 0 radical (unpaired) electrons. The number of rotatable bonds is 4. The largest absolute Gasteiger partial charge is 0.324 e. The van der Waals surface area contributed by atoms with E-state index in [2.05, 4.69) is 6.58 Å². The Balaban J connectivity index is 2.86. The highest BCUT2D eigenvalue weighted by Crippen LogP contribution is 2.27. The average Bonchev–Trinajstić information content (AvgIpc) is 2.21. The molecule has 1 atom stereocenters. The number of hydrogen-bond donors (Lipinski definition) is 1. The molecule has 0 heterocycles. The van der Waals surface area contributed by atoms with Crippen molar-refractivity contribution < 1.29 is 4.39 Å². The molecule has 0 aliphatic carbocycles. The van der Waals surface area contributed by atoms with Gasteiger partial charge in [0.05, 0.1) is 5.02 Å². The minimum atomic E-state index is -0.424. The summed E-state index contributed by atoms with van der Waals surface area (Å²) in [6.45, 7) is 5.89. The molecule has 1 rings (SSSR count). The highest BCUT2D eigenvalue weighted by molar-refractivity contribution is 6.31. The van der Waals surface area contributed by atoms with Crippen molar-refractivity contribution >= 4 is 11.6 Å². The maximum Gasteiger partial charge on any atom is 0.142 e. The van der Waals surface area contributed by atoms with Gasteiger partial charge in [-0.15, -0.1) is 0 Å². The fraction of sp³-hybridized carbons (Fsp3) is 0.333. The Morgan fingerprint density at radius 2 is 2.27 bits per heavy atom. The summed E-state index contributed by atoms with van der Waals surface area (Å²) in [7, 11) is 0. The van der Waals surface area contributed by atoms with Gasteiger partial charge in [-0.25, -0.2) is 4.39 Å². The minimum Gasteiger partial charge on any atom is -0.324 e. The lowest BCUT2D eigenvalue weighted by molar-refractivity contribution is 0.618. The second-order valence-electron chi connectivity index (χ2n) is 3.56. The van der Waals surface area contributed by atoms with Crippen molar-refractivity contribution in [3.63, 3.8) is 0 Å². The van der Waals surface area contributed by atoms with Crippen LogP contribution in [-0.2, 0) is 0 Å². The average molecular weight is 228 g/mol. The van der Waals surface area contributed by atoms with Crippen molar-refractivity contribution in [3.8, 4) is 0 Å². The van der Waals surface area contributed by atoms with Crippen molar-refractivity contribution in [1.29, 1.82) is 0 Å². The van der Waals surface area contributed by atoms with E-state index in [9.17, 15) is 4.39 Å². The first-order valence-electron chi connectivity index (χ1n) is 4.92. The molecular weight excluding hydrogens is 213 g/mol. The first-order chi connectivity index (χ1) is 7.06. The van der Waals surface area contributed by atoms with Gasteiger partial charge in [0.15, 0.2) is 0 Å². The van der Waals surface area contributed by atoms with Gasteiger partial charge < -0.3 is 5.73 Å². The smallest absolute Gasteiger partial charge is 0.142 e. The zero-order chi connectivity index (χ0) is 11.4. The van der Waals surface area contributed by atoms with Gasteiger partial charge in [0.25, 0.3) is 0 Å². The summed E-state index contributed by atoms with van der Waals surface area (Å²) in [5.41, 5.74) is 7.62. The molecule has 0 amide bonds. The minimum absolute atomic E-state index is 0.119. The fourth-order valence-corrected chi connectivity index (χ4v) is 1.64. The molecule has 0 saturated heterocycles. The highest BCUT2D eigenvalue weighted by Gasteiger charge is 2.13. The second-order valence-corrected chi connectivity index (χ2v) is 3.94. The van der Waals surface area contributed by atoms with E-state index in [1.807, 2.05) is 6.92 Å². The standard InChI is InChI=1S/C12H15ClFN/c1-3-8(2)7-11(15)9-5-4-6-10(14)12(9)13/h4-6,11H,2-3,7,15H2,1H3. The van der Waals surface area contributed by atoms with E-state index in [0.717, 1.165) is 12.0 Å². The third kappa shape index (κ3) is 3.05. The maximum atomic E-state index is 13.1. The highest BCUT2D eigenvalue weighted by atomic mass is 35.5. The van der Waals surface area contributed by atoms with Crippen molar-refractivity contribution in [1.82, 2.24) is 0 Å².